The molecule has 0 radical (unpaired) electrons. The van der Waals surface area contributed by atoms with Gasteiger partial charge in [-0.15, -0.1) is 0 Å². The number of imidazole rings is 1. The zero-order valence-electron chi connectivity index (χ0n) is 16.2. The molecule has 1 amide bonds. The SMILES string of the molecule is CS(=O)(=O)c1nc(C(=O)NCC2(c3ccccc3)CCOCC2)c2ccccn12. The second-order valence-corrected chi connectivity index (χ2v) is 9.32. The van der Waals surface area contributed by atoms with Crippen molar-refractivity contribution in [1.82, 2.24) is 14.7 Å². The number of benzene rings is 1. The Balaban J connectivity index is 1.64. The van der Waals surface area contributed by atoms with Gasteiger partial charge < -0.3 is 10.1 Å². The van der Waals surface area contributed by atoms with Crippen LogP contribution in [0.15, 0.2) is 59.9 Å². The molecule has 152 valence electrons. The van der Waals surface area contributed by atoms with Gasteiger partial charge in [-0.25, -0.2) is 13.4 Å². The van der Waals surface area contributed by atoms with Gasteiger partial charge in [-0.3, -0.25) is 9.20 Å². The number of hydrogen-bond donors (Lipinski definition) is 1. The van der Waals surface area contributed by atoms with Crippen molar-refractivity contribution in [3.8, 4) is 0 Å². The second-order valence-electron chi connectivity index (χ2n) is 7.41. The number of carbonyl (C=O) groups is 1. The van der Waals surface area contributed by atoms with E-state index in [0.717, 1.165) is 24.7 Å². The summed E-state index contributed by atoms with van der Waals surface area (Å²) in [7, 11) is -3.58. The number of ether oxygens (including phenoxy) is 1. The molecule has 0 unspecified atom stereocenters. The fourth-order valence-corrected chi connectivity index (χ4v) is 4.67. The Hall–Kier alpha value is -2.71. The van der Waals surface area contributed by atoms with Crippen LogP contribution >= 0.6 is 0 Å². The van der Waals surface area contributed by atoms with Crippen molar-refractivity contribution in [1.29, 1.82) is 0 Å². The van der Waals surface area contributed by atoms with E-state index in [9.17, 15) is 13.2 Å². The van der Waals surface area contributed by atoms with Crippen LogP contribution < -0.4 is 5.32 Å². The molecule has 2 aromatic heterocycles. The Kier molecular flexibility index (Phi) is 5.14. The fraction of sp³-hybridized carbons (Fsp3) is 0.333. The summed E-state index contributed by atoms with van der Waals surface area (Å²) in [4.78, 5) is 17.2. The molecule has 1 aliphatic rings. The minimum Gasteiger partial charge on any atom is -0.381 e. The van der Waals surface area contributed by atoms with E-state index < -0.39 is 9.84 Å². The van der Waals surface area contributed by atoms with E-state index in [0.29, 0.717) is 25.3 Å². The second kappa shape index (κ2) is 7.61. The summed E-state index contributed by atoms with van der Waals surface area (Å²) in [6, 6.07) is 15.3. The third-order valence-electron chi connectivity index (χ3n) is 5.49. The van der Waals surface area contributed by atoms with Gasteiger partial charge in [0.1, 0.15) is 0 Å². The molecule has 0 saturated carbocycles. The van der Waals surface area contributed by atoms with Crippen LogP contribution in [0.4, 0.5) is 0 Å². The number of fused-ring (bicyclic) bond motifs is 1. The lowest BCUT2D eigenvalue weighted by Gasteiger charge is -2.37. The molecule has 0 atom stereocenters. The van der Waals surface area contributed by atoms with Crippen molar-refractivity contribution >= 4 is 21.3 Å². The number of aromatic nitrogens is 2. The van der Waals surface area contributed by atoms with Crippen LogP contribution in [0.25, 0.3) is 5.52 Å². The summed E-state index contributed by atoms with van der Waals surface area (Å²) < 4.78 is 31.2. The predicted octanol–water partition coefficient (Wildman–Crippen LogP) is 2.22. The van der Waals surface area contributed by atoms with Crippen LogP contribution in [0.5, 0.6) is 0 Å². The highest BCUT2D eigenvalue weighted by molar-refractivity contribution is 7.90. The van der Waals surface area contributed by atoms with Crippen molar-refractivity contribution in [3.05, 3.63) is 66.0 Å². The third-order valence-corrected chi connectivity index (χ3v) is 6.44. The minimum absolute atomic E-state index is 0.112. The molecular formula is C21H23N3O4S. The number of sulfone groups is 1. The number of amides is 1. The Morgan fingerprint density at radius 2 is 1.83 bits per heavy atom. The smallest absolute Gasteiger partial charge is 0.272 e. The van der Waals surface area contributed by atoms with Crippen molar-refractivity contribution in [2.45, 2.75) is 23.4 Å². The molecule has 3 aromatic rings. The number of rotatable bonds is 5. The van der Waals surface area contributed by atoms with Crippen LogP contribution in [0.1, 0.15) is 28.9 Å². The first-order valence-corrected chi connectivity index (χ1v) is 11.4. The average Bonchev–Trinajstić information content (AvgIpc) is 3.14. The maximum atomic E-state index is 13.0. The summed E-state index contributed by atoms with van der Waals surface area (Å²) in [6.07, 6.45) is 4.29. The van der Waals surface area contributed by atoms with Crippen LogP contribution in [0.2, 0.25) is 0 Å². The number of pyridine rings is 1. The fourth-order valence-electron chi connectivity index (χ4n) is 3.89. The first kappa shape index (κ1) is 19.6. The van der Waals surface area contributed by atoms with Crippen molar-refractivity contribution in [3.63, 3.8) is 0 Å². The summed E-state index contributed by atoms with van der Waals surface area (Å²) in [5.41, 5.74) is 1.52. The molecule has 4 rings (SSSR count). The highest BCUT2D eigenvalue weighted by Crippen LogP contribution is 2.34. The van der Waals surface area contributed by atoms with Crippen molar-refractivity contribution in [2.24, 2.45) is 0 Å². The quantitative estimate of drug-likeness (QED) is 0.693. The van der Waals surface area contributed by atoms with E-state index >= 15 is 0 Å². The normalized spacial score (nSPS) is 16.6. The summed E-state index contributed by atoms with van der Waals surface area (Å²) in [6.45, 7) is 1.70. The highest BCUT2D eigenvalue weighted by atomic mass is 32.2. The molecule has 0 spiro atoms. The summed E-state index contributed by atoms with van der Waals surface area (Å²) in [5.74, 6) is -0.384. The minimum atomic E-state index is -3.58. The van der Waals surface area contributed by atoms with E-state index in [-0.39, 0.29) is 22.2 Å². The molecule has 7 nitrogen and oxygen atoms in total. The monoisotopic (exact) mass is 413 g/mol. The zero-order valence-corrected chi connectivity index (χ0v) is 17.0. The van der Waals surface area contributed by atoms with Gasteiger partial charge in [-0.2, -0.15) is 0 Å². The zero-order chi connectivity index (χ0) is 20.5. The van der Waals surface area contributed by atoms with Crippen molar-refractivity contribution < 1.29 is 17.9 Å². The Morgan fingerprint density at radius 1 is 1.14 bits per heavy atom. The summed E-state index contributed by atoms with van der Waals surface area (Å²) in [5, 5.41) is 2.86. The molecule has 0 bridgehead atoms. The lowest BCUT2D eigenvalue weighted by atomic mass is 9.74. The molecule has 3 heterocycles. The van der Waals surface area contributed by atoms with Gasteiger partial charge in [0.05, 0.1) is 5.52 Å². The van der Waals surface area contributed by atoms with Gasteiger partial charge in [0.15, 0.2) is 5.69 Å². The average molecular weight is 413 g/mol. The van der Waals surface area contributed by atoms with E-state index in [1.54, 1.807) is 24.4 Å². The van der Waals surface area contributed by atoms with Gasteiger partial charge in [-0.05, 0) is 30.5 Å². The molecule has 1 N–H and O–H groups in total. The maximum absolute atomic E-state index is 13.0. The molecule has 1 aliphatic heterocycles. The Labute approximate surface area is 169 Å². The molecule has 29 heavy (non-hydrogen) atoms. The highest BCUT2D eigenvalue weighted by Gasteiger charge is 2.35. The number of hydrogen-bond acceptors (Lipinski definition) is 5. The lowest BCUT2D eigenvalue weighted by molar-refractivity contribution is 0.0487. The van der Waals surface area contributed by atoms with E-state index in [1.165, 1.54) is 4.40 Å². The van der Waals surface area contributed by atoms with E-state index in [1.807, 2.05) is 18.2 Å². The first-order valence-electron chi connectivity index (χ1n) is 9.49. The molecule has 1 saturated heterocycles. The van der Waals surface area contributed by atoms with Gasteiger partial charge >= 0.3 is 0 Å². The molecule has 0 aliphatic carbocycles. The number of carbonyl (C=O) groups excluding carboxylic acids is 1. The molecule has 1 fully saturated rings. The Morgan fingerprint density at radius 3 is 2.52 bits per heavy atom. The maximum Gasteiger partial charge on any atom is 0.272 e. The van der Waals surface area contributed by atoms with Gasteiger partial charge in [-0.1, -0.05) is 36.4 Å². The van der Waals surface area contributed by atoms with Gasteiger partial charge in [0.2, 0.25) is 15.0 Å². The van der Waals surface area contributed by atoms with Gasteiger partial charge in [0.25, 0.3) is 5.91 Å². The van der Waals surface area contributed by atoms with Crippen molar-refractivity contribution in [2.75, 3.05) is 26.0 Å². The molecule has 8 heteroatoms. The van der Waals surface area contributed by atoms with E-state index in [2.05, 4.69) is 22.4 Å². The third kappa shape index (κ3) is 3.77. The largest absolute Gasteiger partial charge is 0.381 e. The topological polar surface area (TPSA) is 89.8 Å². The van der Waals surface area contributed by atoms with Crippen LogP contribution in [-0.4, -0.2) is 49.7 Å². The van der Waals surface area contributed by atoms with Gasteiger partial charge in [0, 0.05) is 37.6 Å². The summed E-state index contributed by atoms with van der Waals surface area (Å²) >= 11 is 0. The lowest BCUT2D eigenvalue weighted by Crippen LogP contribution is -2.44. The molecule has 1 aromatic carbocycles. The standard InChI is InChI=1S/C21H23N3O4S/c1-29(26,27)20-23-18(17-9-5-6-12-24(17)20)19(25)22-15-21(10-13-28-14-11-21)16-7-3-2-4-8-16/h2-9,12H,10-11,13-15H2,1H3,(H,22,25). The van der Waals surface area contributed by atoms with Crippen LogP contribution in [0, 0.1) is 0 Å². The van der Waals surface area contributed by atoms with Crippen LogP contribution in [-0.2, 0) is 20.0 Å². The number of nitrogens with zero attached hydrogens (tertiary/aromatic N) is 2. The number of nitrogens with one attached hydrogen (secondary N) is 1. The first-order chi connectivity index (χ1) is 13.9. The van der Waals surface area contributed by atoms with E-state index in [4.69, 9.17) is 4.74 Å². The van der Waals surface area contributed by atoms with Crippen LogP contribution in [0.3, 0.4) is 0 Å². The molecular weight excluding hydrogens is 390 g/mol. The Bertz CT molecular complexity index is 1130. The predicted molar refractivity (Wildman–Crippen MR) is 109 cm³/mol.